The highest BCUT2D eigenvalue weighted by Gasteiger charge is 2.22. The monoisotopic (exact) mass is 369 g/mol. The van der Waals surface area contributed by atoms with E-state index in [0.717, 1.165) is 12.8 Å². The molecule has 1 fully saturated rings. The van der Waals surface area contributed by atoms with Crippen molar-refractivity contribution in [1.82, 2.24) is 9.88 Å². The third kappa shape index (κ3) is 4.22. The van der Waals surface area contributed by atoms with Crippen LogP contribution in [0.5, 0.6) is 0 Å². The molecule has 3 N–H and O–H groups in total. The lowest BCUT2D eigenvalue weighted by Gasteiger charge is -2.13. The number of carbonyl (C=O) groups is 4. The van der Waals surface area contributed by atoms with Gasteiger partial charge < -0.3 is 20.4 Å². The van der Waals surface area contributed by atoms with Crippen molar-refractivity contribution >= 4 is 23.6 Å². The maximum atomic E-state index is 12.3. The topological polar surface area (TPSA) is 123 Å². The van der Waals surface area contributed by atoms with Crippen LogP contribution in [0.1, 0.15) is 54.4 Å². The second kappa shape index (κ2) is 7.86. The normalized spacial score (nSPS) is 13.4. The highest BCUT2D eigenvalue weighted by Crippen LogP contribution is 2.14. The van der Waals surface area contributed by atoms with Gasteiger partial charge in [-0.2, -0.15) is 0 Å². The fraction of sp³-hybridized carbons (Fsp3) is 0.263. The zero-order valence-electron chi connectivity index (χ0n) is 14.6. The summed E-state index contributed by atoms with van der Waals surface area (Å²) in [7, 11) is 0. The molecule has 1 saturated heterocycles. The molecule has 0 saturated carbocycles. The average molecular weight is 369 g/mol. The standard InChI is InChI=1S/C19H19N3O5/c20-17(24)12-3-5-13(6-4-12)19(26)27-11-16(23)14-9-15(21-10-14)18(25)22-7-1-2-8-22/h3-6,9-10,21H,1-2,7-8,11H2,(H2,20,24). The minimum absolute atomic E-state index is 0.141. The summed E-state index contributed by atoms with van der Waals surface area (Å²) in [6, 6.07) is 7.08. The largest absolute Gasteiger partial charge is 0.454 e. The summed E-state index contributed by atoms with van der Waals surface area (Å²) in [6.45, 7) is 0.978. The van der Waals surface area contributed by atoms with Gasteiger partial charge >= 0.3 is 5.97 Å². The Kier molecular flexibility index (Phi) is 5.35. The van der Waals surface area contributed by atoms with E-state index in [1.807, 2.05) is 0 Å². The number of aromatic amines is 1. The Morgan fingerprint density at radius 3 is 2.26 bits per heavy atom. The molecule has 8 heteroatoms. The van der Waals surface area contributed by atoms with Crippen molar-refractivity contribution in [2.75, 3.05) is 19.7 Å². The van der Waals surface area contributed by atoms with Gasteiger partial charge in [-0.15, -0.1) is 0 Å². The summed E-state index contributed by atoms with van der Waals surface area (Å²) >= 11 is 0. The zero-order valence-corrected chi connectivity index (χ0v) is 14.6. The Hall–Kier alpha value is -3.42. The fourth-order valence-electron chi connectivity index (χ4n) is 2.84. The Morgan fingerprint density at radius 1 is 1.00 bits per heavy atom. The number of ketones is 1. The first-order chi connectivity index (χ1) is 13.0. The smallest absolute Gasteiger partial charge is 0.338 e. The van der Waals surface area contributed by atoms with Crippen LogP contribution in [-0.4, -0.2) is 53.1 Å². The van der Waals surface area contributed by atoms with E-state index >= 15 is 0 Å². The summed E-state index contributed by atoms with van der Waals surface area (Å²) in [5.41, 5.74) is 6.22. The molecule has 27 heavy (non-hydrogen) atoms. The van der Waals surface area contributed by atoms with Gasteiger partial charge in [0.05, 0.1) is 5.56 Å². The van der Waals surface area contributed by atoms with Gasteiger partial charge in [-0.3, -0.25) is 14.4 Å². The number of nitrogens with one attached hydrogen (secondary N) is 1. The molecule has 2 aromatic rings. The van der Waals surface area contributed by atoms with Crippen molar-refractivity contribution in [3.05, 3.63) is 58.9 Å². The average Bonchev–Trinajstić information content (AvgIpc) is 3.37. The molecular formula is C19H19N3O5. The number of hydrogen-bond acceptors (Lipinski definition) is 5. The van der Waals surface area contributed by atoms with E-state index in [1.54, 1.807) is 4.90 Å². The van der Waals surface area contributed by atoms with Gasteiger partial charge in [0.1, 0.15) is 5.69 Å². The van der Waals surface area contributed by atoms with Crippen molar-refractivity contribution in [2.45, 2.75) is 12.8 Å². The second-order valence-corrected chi connectivity index (χ2v) is 6.24. The number of H-pyrrole nitrogens is 1. The van der Waals surface area contributed by atoms with Gasteiger partial charge in [-0.1, -0.05) is 0 Å². The van der Waals surface area contributed by atoms with E-state index in [0.29, 0.717) is 18.8 Å². The first kappa shape index (κ1) is 18.4. The predicted molar refractivity (Wildman–Crippen MR) is 95.5 cm³/mol. The number of nitrogens with zero attached hydrogens (tertiary/aromatic N) is 1. The number of nitrogens with two attached hydrogens (primary N) is 1. The van der Waals surface area contributed by atoms with Crippen molar-refractivity contribution < 1.29 is 23.9 Å². The molecule has 1 aliphatic heterocycles. The maximum absolute atomic E-state index is 12.3. The summed E-state index contributed by atoms with van der Waals surface area (Å²) in [6.07, 6.45) is 3.39. The van der Waals surface area contributed by atoms with E-state index in [9.17, 15) is 19.2 Å². The molecule has 0 radical (unpaired) electrons. The Balaban J connectivity index is 1.56. The first-order valence-corrected chi connectivity index (χ1v) is 8.53. The van der Waals surface area contributed by atoms with E-state index in [2.05, 4.69) is 4.98 Å². The number of rotatable bonds is 6. The van der Waals surface area contributed by atoms with Crippen molar-refractivity contribution in [1.29, 1.82) is 0 Å². The quantitative estimate of drug-likeness (QED) is 0.588. The molecule has 8 nitrogen and oxygen atoms in total. The van der Waals surface area contributed by atoms with Crippen LogP contribution >= 0.6 is 0 Å². The molecule has 0 spiro atoms. The van der Waals surface area contributed by atoms with Crippen LogP contribution in [0.25, 0.3) is 0 Å². The molecular weight excluding hydrogens is 350 g/mol. The molecule has 0 bridgehead atoms. The number of hydrogen-bond donors (Lipinski definition) is 2. The number of ether oxygens (including phenoxy) is 1. The van der Waals surface area contributed by atoms with E-state index in [4.69, 9.17) is 10.5 Å². The van der Waals surface area contributed by atoms with E-state index in [1.165, 1.54) is 36.5 Å². The zero-order chi connectivity index (χ0) is 19.4. The summed E-state index contributed by atoms with van der Waals surface area (Å²) < 4.78 is 5.00. The Labute approximate surface area is 155 Å². The van der Waals surface area contributed by atoms with Crippen LogP contribution in [0.15, 0.2) is 36.5 Å². The van der Waals surface area contributed by atoms with Crippen molar-refractivity contribution in [2.24, 2.45) is 5.73 Å². The number of likely N-dealkylation sites (tertiary alicyclic amines) is 1. The predicted octanol–water partition coefficient (Wildman–Crippen LogP) is 1.39. The van der Waals surface area contributed by atoms with Gasteiger partial charge in [0.25, 0.3) is 5.91 Å². The lowest BCUT2D eigenvalue weighted by molar-refractivity contribution is 0.0474. The lowest BCUT2D eigenvalue weighted by atomic mass is 10.1. The summed E-state index contributed by atoms with van der Waals surface area (Å²) in [5.74, 6) is -1.85. The minimum atomic E-state index is -0.691. The van der Waals surface area contributed by atoms with Crippen molar-refractivity contribution in [3.8, 4) is 0 Å². The molecule has 2 heterocycles. The van der Waals surface area contributed by atoms with Crippen LogP contribution in [0.2, 0.25) is 0 Å². The van der Waals surface area contributed by atoms with Crippen LogP contribution in [0, 0.1) is 0 Å². The SMILES string of the molecule is NC(=O)c1ccc(C(=O)OCC(=O)c2c[nH]c(C(=O)N3CCCC3)c2)cc1. The van der Waals surface area contributed by atoms with Crippen LogP contribution in [-0.2, 0) is 4.74 Å². The third-order valence-electron chi connectivity index (χ3n) is 4.37. The van der Waals surface area contributed by atoms with E-state index in [-0.39, 0.29) is 22.6 Å². The number of carbonyl (C=O) groups excluding carboxylic acids is 4. The number of benzene rings is 1. The van der Waals surface area contributed by atoms with Gasteiger partial charge in [0.2, 0.25) is 11.7 Å². The van der Waals surface area contributed by atoms with Crippen LogP contribution in [0.4, 0.5) is 0 Å². The Morgan fingerprint density at radius 2 is 1.63 bits per heavy atom. The highest BCUT2D eigenvalue weighted by molar-refractivity contribution is 6.02. The number of primary amides is 1. The maximum Gasteiger partial charge on any atom is 0.338 e. The fourth-order valence-corrected chi connectivity index (χ4v) is 2.84. The molecule has 0 unspecified atom stereocenters. The molecule has 2 amide bonds. The molecule has 140 valence electrons. The van der Waals surface area contributed by atoms with Crippen LogP contribution < -0.4 is 5.73 Å². The van der Waals surface area contributed by atoms with Crippen LogP contribution in [0.3, 0.4) is 0 Å². The minimum Gasteiger partial charge on any atom is -0.454 e. The lowest BCUT2D eigenvalue weighted by Crippen LogP contribution is -2.27. The second-order valence-electron chi connectivity index (χ2n) is 6.24. The summed E-state index contributed by atoms with van der Waals surface area (Å²) in [4.78, 5) is 52.0. The number of esters is 1. The Bertz CT molecular complexity index is 879. The number of amides is 2. The molecule has 1 aromatic heterocycles. The molecule has 3 rings (SSSR count). The van der Waals surface area contributed by atoms with Gasteiger partial charge in [0.15, 0.2) is 6.61 Å². The van der Waals surface area contributed by atoms with E-state index < -0.39 is 24.3 Å². The molecule has 1 aromatic carbocycles. The molecule has 0 aliphatic carbocycles. The third-order valence-corrected chi connectivity index (χ3v) is 4.37. The number of aromatic nitrogens is 1. The first-order valence-electron chi connectivity index (χ1n) is 8.53. The summed E-state index contributed by atoms with van der Waals surface area (Å²) in [5, 5.41) is 0. The van der Waals surface area contributed by atoms with Crippen molar-refractivity contribution in [3.63, 3.8) is 0 Å². The number of Topliss-reactive ketones (excluding diaryl/α,β-unsaturated/α-hetero) is 1. The highest BCUT2D eigenvalue weighted by atomic mass is 16.5. The molecule has 1 aliphatic rings. The van der Waals surface area contributed by atoms with Gasteiger partial charge in [-0.05, 0) is 43.2 Å². The van der Waals surface area contributed by atoms with Gasteiger partial charge in [0, 0.05) is 30.4 Å². The molecule has 0 atom stereocenters. The van der Waals surface area contributed by atoms with Gasteiger partial charge in [-0.25, -0.2) is 4.79 Å².